The topological polar surface area (TPSA) is 39.9 Å². The molecule has 0 N–H and O–H groups in total. The molecule has 27 heavy (non-hydrogen) atoms. The Kier molecular flexibility index (Phi) is 6.46. The summed E-state index contributed by atoms with van der Waals surface area (Å²) in [5, 5.41) is 0. The van der Waals surface area contributed by atoms with Gasteiger partial charge in [-0.05, 0) is 57.8 Å². The van der Waals surface area contributed by atoms with Crippen LogP contribution in [0.3, 0.4) is 0 Å². The van der Waals surface area contributed by atoms with Crippen molar-refractivity contribution in [2.45, 2.75) is 51.1 Å². The highest BCUT2D eigenvalue weighted by Crippen LogP contribution is 2.27. The molecule has 1 aromatic rings. The fraction of sp³-hybridized carbons (Fsp3) is 0.762. The molecule has 3 aliphatic rings. The molecule has 0 bridgehead atoms. The van der Waals surface area contributed by atoms with Gasteiger partial charge in [-0.3, -0.25) is 14.6 Å². The van der Waals surface area contributed by atoms with Gasteiger partial charge in [0.05, 0.1) is 6.04 Å². The Bertz CT molecular complexity index is 615. The second-order valence-corrected chi connectivity index (χ2v) is 9.37. The second kappa shape index (κ2) is 9.01. The zero-order chi connectivity index (χ0) is 18.6. The Hall–Kier alpha value is -0.980. The largest absolute Gasteiger partial charge is 0.454 e. The van der Waals surface area contributed by atoms with Gasteiger partial charge in [0, 0.05) is 43.7 Å². The molecule has 0 aromatic carbocycles. The number of likely N-dealkylation sites (tertiary alicyclic amines) is 2. The van der Waals surface area contributed by atoms with Crippen molar-refractivity contribution in [3.63, 3.8) is 0 Å². The minimum atomic E-state index is 0.0692. The lowest BCUT2D eigenvalue weighted by Gasteiger charge is -2.39. The summed E-state index contributed by atoms with van der Waals surface area (Å²) in [7, 11) is 0. The number of hydrogen-bond acceptors (Lipinski definition) is 5. The van der Waals surface area contributed by atoms with E-state index in [4.69, 9.17) is 4.42 Å². The van der Waals surface area contributed by atoms with Crippen LogP contribution >= 0.6 is 11.8 Å². The molecule has 0 radical (unpaired) electrons. The van der Waals surface area contributed by atoms with Gasteiger partial charge < -0.3 is 9.32 Å². The Balaban J connectivity index is 1.31. The van der Waals surface area contributed by atoms with Gasteiger partial charge in [-0.2, -0.15) is 11.8 Å². The minimum absolute atomic E-state index is 0.0692. The maximum atomic E-state index is 12.9. The third-order valence-corrected chi connectivity index (χ3v) is 7.44. The number of carbonyl (C=O) groups excluding carboxylic acids is 1. The quantitative estimate of drug-likeness (QED) is 0.786. The van der Waals surface area contributed by atoms with Crippen molar-refractivity contribution in [2.24, 2.45) is 0 Å². The van der Waals surface area contributed by atoms with Crippen molar-refractivity contribution in [3.05, 3.63) is 23.7 Å². The summed E-state index contributed by atoms with van der Waals surface area (Å²) < 4.78 is 6.01. The first-order valence-corrected chi connectivity index (χ1v) is 11.8. The van der Waals surface area contributed by atoms with Gasteiger partial charge in [0.25, 0.3) is 5.91 Å². The Morgan fingerprint density at radius 2 is 1.74 bits per heavy atom. The summed E-state index contributed by atoms with van der Waals surface area (Å²) in [6, 6.07) is 4.80. The highest BCUT2D eigenvalue weighted by atomic mass is 32.2. The molecule has 4 rings (SSSR count). The lowest BCUT2D eigenvalue weighted by molar-refractivity contribution is 0.0594. The van der Waals surface area contributed by atoms with Crippen LogP contribution < -0.4 is 0 Å². The van der Waals surface area contributed by atoms with Crippen LogP contribution in [0.25, 0.3) is 0 Å². The summed E-state index contributed by atoms with van der Waals surface area (Å²) in [5.74, 6) is 4.02. The summed E-state index contributed by atoms with van der Waals surface area (Å²) in [4.78, 5) is 20.0. The average molecular weight is 392 g/mol. The molecule has 150 valence electrons. The molecule has 3 saturated heterocycles. The van der Waals surface area contributed by atoms with Gasteiger partial charge in [-0.1, -0.05) is 6.42 Å². The first kappa shape index (κ1) is 19.3. The van der Waals surface area contributed by atoms with E-state index in [2.05, 4.69) is 28.5 Å². The number of nitrogens with zero attached hydrogens (tertiary/aromatic N) is 3. The standard InChI is InChI=1S/C21H33N3O2S/c1-17(22-9-3-2-4-10-22)19-5-6-20(26-19)21(25)24-11-7-18(8-12-24)23-13-15-27-16-14-23/h5-6,17-18H,2-4,7-16H2,1H3. The van der Waals surface area contributed by atoms with E-state index in [9.17, 15) is 4.79 Å². The molecule has 6 heteroatoms. The summed E-state index contributed by atoms with van der Waals surface area (Å²) in [6.07, 6.45) is 6.04. The summed E-state index contributed by atoms with van der Waals surface area (Å²) in [6.45, 7) is 8.58. The molecular weight excluding hydrogens is 358 g/mol. The lowest BCUT2D eigenvalue weighted by Crippen LogP contribution is -2.49. The molecule has 5 nitrogen and oxygen atoms in total. The second-order valence-electron chi connectivity index (χ2n) is 8.15. The zero-order valence-electron chi connectivity index (χ0n) is 16.6. The van der Waals surface area contributed by atoms with Crippen molar-refractivity contribution in [2.75, 3.05) is 50.8 Å². The van der Waals surface area contributed by atoms with Crippen LogP contribution in [-0.2, 0) is 0 Å². The summed E-state index contributed by atoms with van der Waals surface area (Å²) >= 11 is 2.06. The molecule has 0 saturated carbocycles. The molecule has 0 aliphatic carbocycles. The van der Waals surface area contributed by atoms with E-state index in [-0.39, 0.29) is 11.9 Å². The average Bonchev–Trinajstić information content (AvgIpc) is 3.24. The number of amides is 1. The number of piperidine rings is 2. The van der Waals surface area contributed by atoms with E-state index < -0.39 is 0 Å². The molecule has 1 aromatic heterocycles. The van der Waals surface area contributed by atoms with Crippen molar-refractivity contribution < 1.29 is 9.21 Å². The number of carbonyl (C=O) groups is 1. The van der Waals surface area contributed by atoms with Gasteiger partial charge in [0.1, 0.15) is 5.76 Å². The first-order chi connectivity index (χ1) is 13.2. The Labute approximate surface area is 167 Å². The zero-order valence-corrected chi connectivity index (χ0v) is 17.4. The van der Waals surface area contributed by atoms with Crippen LogP contribution in [0.5, 0.6) is 0 Å². The van der Waals surface area contributed by atoms with Gasteiger partial charge in [-0.25, -0.2) is 0 Å². The molecule has 1 amide bonds. The molecule has 3 fully saturated rings. The highest BCUT2D eigenvalue weighted by molar-refractivity contribution is 7.99. The number of hydrogen-bond donors (Lipinski definition) is 0. The van der Waals surface area contributed by atoms with E-state index in [0.717, 1.165) is 44.8 Å². The maximum Gasteiger partial charge on any atom is 0.289 e. The third-order valence-electron chi connectivity index (χ3n) is 6.50. The molecule has 1 unspecified atom stereocenters. The van der Waals surface area contributed by atoms with Gasteiger partial charge in [0.15, 0.2) is 5.76 Å². The predicted molar refractivity (Wildman–Crippen MR) is 110 cm³/mol. The molecule has 0 spiro atoms. The SMILES string of the molecule is CC(c1ccc(C(=O)N2CCC(N3CCSCC3)CC2)o1)N1CCCCC1. The van der Waals surface area contributed by atoms with Crippen molar-refractivity contribution in [3.8, 4) is 0 Å². The van der Waals surface area contributed by atoms with Crippen LogP contribution in [0.15, 0.2) is 16.5 Å². The van der Waals surface area contributed by atoms with Gasteiger partial charge in [0.2, 0.25) is 0 Å². The van der Waals surface area contributed by atoms with Crippen LogP contribution in [0.4, 0.5) is 0 Å². The summed E-state index contributed by atoms with van der Waals surface area (Å²) in [5.41, 5.74) is 0. The van der Waals surface area contributed by atoms with E-state index in [1.807, 2.05) is 17.0 Å². The lowest BCUT2D eigenvalue weighted by atomic mass is 10.0. The van der Waals surface area contributed by atoms with E-state index >= 15 is 0 Å². The van der Waals surface area contributed by atoms with Crippen LogP contribution in [0.2, 0.25) is 0 Å². The molecular formula is C21H33N3O2S. The van der Waals surface area contributed by atoms with Crippen molar-refractivity contribution >= 4 is 17.7 Å². The fourth-order valence-corrected chi connectivity index (χ4v) is 5.64. The molecule has 1 atom stereocenters. The first-order valence-electron chi connectivity index (χ1n) is 10.7. The molecule has 3 aliphatic heterocycles. The van der Waals surface area contributed by atoms with Gasteiger partial charge >= 0.3 is 0 Å². The Morgan fingerprint density at radius 3 is 2.44 bits per heavy atom. The minimum Gasteiger partial charge on any atom is -0.454 e. The Morgan fingerprint density at radius 1 is 1.04 bits per heavy atom. The van der Waals surface area contributed by atoms with Crippen molar-refractivity contribution in [1.29, 1.82) is 0 Å². The predicted octanol–water partition coefficient (Wildman–Crippen LogP) is 3.48. The van der Waals surface area contributed by atoms with Crippen LogP contribution in [0.1, 0.15) is 61.4 Å². The maximum absolute atomic E-state index is 12.9. The fourth-order valence-electron chi connectivity index (χ4n) is 4.71. The normalized spacial score (nSPS) is 24.9. The third kappa shape index (κ3) is 4.54. The van der Waals surface area contributed by atoms with E-state index in [1.54, 1.807) is 0 Å². The number of thioether (sulfide) groups is 1. The monoisotopic (exact) mass is 391 g/mol. The van der Waals surface area contributed by atoms with E-state index in [0.29, 0.717) is 11.8 Å². The smallest absolute Gasteiger partial charge is 0.289 e. The number of rotatable bonds is 4. The van der Waals surface area contributed by atoms with E-state index in [1.165, 1.54) is 43.9 Å². The molecule has 4 heterocycles. The van der Waals surface area contributed by atoms with Crippen LogP contribution in [0, 0.1) is 0 Å². The van der Waals surface area contributed by atoms with Crippen LogP contribution in [-0.4, -0.2) is 77.4 Å². The number of furan rings is 1. The highest BCUT2D eigenvalue weighted by Gasteiger charge is 2.30. The van der Waals surface area contributed by atoms with Gasteiger partial charge in [-0.15, -0.1) is 0 Å². The van der Waals surface area contributed by atoms with Crippen molar-refractivity contribution in [1.82, 2.24) is 14.7 Å².